The van der Waals surface area contributed by atoms with E-state index in [-0.39, 0.29) is 5.82 Å². The summed E-state index contributed by atoms with van der Waals surface area (Å²) in [4.78, 5) is 35.7. The largest absolute Gasteiger partial charge is 0.308 e. The number of carbonyl (C=O) groups is 1. The smallest absolute Gasteiger partial charge is 0.258 e. The Kier molecular flexibility index (Phi) is 3.94. The SMILES string of the molecule is Cc1ncc(C(=O)C(C#N)c2nc3cc(Cl)ccc3c(=O)[nH]2)s1. The van der Waals surface area contributed by atoms with Crippen molar-refractivity contribution in [1.29, 1.82) is 5.26 Å². The molecule has 114 valence electrons. The fourth-order valence-corrected chi connectivity index (χ4v) is 3.04. The number of benzene rings is 1. The predicted molar refractivity (Wildman–Crippen MR) is 86.9 cm³/mol. The van der Waals surface area contributed by atoms with E-state index in [1.54, 1.807) is 19.1 Å². The second-order valence-corrected chi connectivity index (χ2v) is 6.45. The standard InChI is InChI=1S/C15H9ClN4O2S/c1-7-18-6-12(23-7)13(21)10(5-17)14-19-11-4-8(16)2-3-9(11)15(22)20-14/h2-4,6,10H,1H3,(H,19,20,22). The minimum atomic E-state index is -1.20. The molecule has 0 aliphatic carbocycles. The van der Waals surface area contributed by atoms with E-state index in [2.05, 4.69) is 15.0 Å². The quantitative estimate of drug-likeness (QED) is 0.736. The van der Waals surface area contributed by atoms with E-state index < -0.39 is 17.3 Å². The molecule has 0 aliphatic heterocycles. The maximum Gasteiger partial charge on any atom is 0.258 e. The molecule has 0 radical (unpaired) electrons. The maximum absolute atomic E-state index is 12.5. The highest BCUT2D eigenvalue weighted by atomic mass is 35.5. The number of fused-ring (bicyclic) bond motifs is 1. The highest BCUT2D eigenvalue weighted by molar-refractivity contribution is 7.13. The van der Waals surface area contributed by atoms with Crippen LogP contribution >= 0.6 is 22.9 Å². The van der Waals surface area contributed by atoms with Crippen LogP contribution in [0.5, 0.6) is 0 Å². The molecule has 0 aliphatic rings. The third-order valence-electron chi connectivity index (χ3n) is 3.22. The fraction of sp³-hybridized carbons (Fsp3) is 0.133. The first-order chi connectivity index (χ1) is 11.0. The van der Waals surface area contributed by atoms with Gasteiger partial charge in [0.2, 0.25) is 0 Å². The van der Waals surface area contributed by atoms with Crippen LogP contribution in [0.15, 0.2) is 29.2 Å². The van der Waals surface area contributed by atoms with Gasteiger partial charge in [0.1, 0.15) is 5.82 Å². The van der Waals surface area contributed by atoms with E-state index in [9.17, 15) is 14.9 Å². The molecule has 6 nitrogen and oxygen atoms in total. The number of nitrogens with zero attached hydrogens (tertiary/aromatic N) is 3. The van der Waals surface area contributed by atoms with E-state index in [4.69, 9.17) is 11.6 Å². The van der Waals surface area contributed by atoms with Gasteiger partial charge in [0, 0.05) is 11.2 Å². The van der Waals surface area contributed by atoms with Crippen molar-refractivity contribution in [2.75, 3.05) is 0 Å². The number of Topliss-reactive ketones (excluding diaryl/α,β-unsaturated/α-hetero) is 1. The highest BCUT2D eigenvalue weighted by Crippen LogP contribution is 2.23. The van der Waals surface area contributed by atoms with Crippen LogP contribution < -0.4 is 5.56 Å². The van der Waals surface area contributed by atoms with Crippen molar-refractivity contribution < 1.29 is 4.79 Å². The summed E-state index contributed by atoms with van der Waals surface area (Å²) in [6.07, 6.45) is 1.42. The van der Waals surface area contributed by atoms with Gasteiger partial charge in [0.05, 0.1) is 26.9 Å². The minimum absolute atomic E-state index is 0.00307. The van der Waals surface area contributed by atoms with Gasteiger partial charge >= 0.3 is 0 Å². The Morgan fingerprint density at radius 3 is 2.91 bits per heavy atom. The van der Waals surface area contributed by atoms with Gasteiger partial charge in [-0.15, -0.1) is 11.3 Å². The lowest BCUT2D eigenvalue weighted by atomic mass is 10.0. The molecule has 0 fully saturated rings. The first-order valence-electron chi connectivity index (χ1n) is 6.55. The zero-order valence-electron chi connectivity index (χ0n) is 11.8. The van der Waals surface area contributed by atoms with E-state index >= 15 is 0 Å². The Morgan fingerprint density at radius 1 is 1.48 bits per heavy atom. The van der Waals surface area contributed by atoms with Gasteiger partial charge in [0.15, 0.2) is 11.7 Å². The molecule has 1 N–H and O–H groups in total. The van der Waals surface area contributed by atoms with Gasteiger partial charge in [-0.2, -0.15) is 5.26 Å². The van der Waals surface area contributed by atoms with Crippen LogP contribution in [0.4, 0.5) is 0 Å². The van der Waals surface area contributed by atoms with Crippen molar-refractivity contribution in [2.45, 2.75) is 12.8 Å². The first-order valence-corrected chi connectivity index (χ1v) is 7.75. The first kappa shape index (κ1) is 15.3. The molecule has 2 aromatic heterocycles. The Morgan fingerprint density at radius 2 is 2.26 bits per heavy atom. The van der Waals surface area contributed by atoms with Gasteiger partial charge in [-0.3, -0.25) is 9.59 Å². The van der Waals surface area contributed by atoms with Crippen molar-refractivity contribution in [3.8, 4) is 6.07 Å². The molecule has 0 amide bonds. The number of aromatic nitrogens is 3. The number of aryl methyl sites for hydroxylation is 1. The molecule has 1 unspecified atom stereocenters. The molecule has 23 heavy (non-hydrogen) atoms. The average Bonchev–Trinajstić information content (AvgIpc) is 2.94. The zero-order chi connectivity index (χ0) is 16.6. The van der Waals surface area contributed by atoms with E-state index in [0.29, 0.717) is 20.8 Å². The number of nitriles is 1. The monoisotopic (exact) mass is 344 g/mol. The van der Waals surface area contributed by atoms with Crippen LogP contribution in [-0.2, 0) is 0 Å². The summed E-state index contributed by atoms with van der Waals surface area (Å²) in [6.45, 7) is 1.76. The van der Waals surface area contributed by atoms with E-state index in [1.807, 2.05) is 6.07 Å². The number of ketones is 1. The second-order valence-electron chi connectivity index (χ2n) is 4.78. The van der Waals surface area contributed by atoms with Crippen LogP contribution in [0.1, 0.15) is 26.4 Å². The Bertz CT molecular complexity index is 1020. The number of aromatic amines is 1. The normalized spacial score (nSPS) is 12.0. The maximum atomic E-state index is 12.5. The molecule has 0 saturated carbocycles. The summed E-state index contributed by atoms with van der Waals surface area (Å²) in [5.74, 6) is -1.64. The molecule has 3 aromatic rings. The van der Waals surface area contributed by atoms with E-state index in [1.165, 1.54) is 23.6 Å². The number of halogens is 1. The number of nitrogens with one attached hydrogen (secondary N) is 1. The number of H-pyrrole nitrogens is 1. The van der Waals surface area contributed by atoms with Gasteiger partial charge in [-0.25, -0.2) is 9.97 Å². The Balaban J connectivity index is 2.12. The lowest BCUT2D eigenvalue weighted by Crippen LogP contribution is -2.19. The molecule has 0 bridgehead atoms. The topological polar surface area (TPSA) is 99.5 Å². The van der Waals surface area contributed by atoms with Crippen LogP contribution in [0, 0.1) is 18.3 Å². The third kappa shape index (κ3) is 2.86. The van der Waals surface area contributed by atoms with Gasteiger partial charge < -0.3 is 4.98 Å². The number of hydrogen-bond donors (Lipinski definition) is 1. The van der Waals surface area contributed by atoms with Crippen molar-refractivity contribution >= 4 is 39.6 Å². The molecule has 0 spiro atoms. The van der Waals surface area contributed by atoms with Gasteiger partial charge in [-0.1, -0.05) is 11.6 Å². The summed E-state index contributed by atoms with van der Waals surface area (Å²) >= 11 is 7.10. The minimum Gasteiger partial charge on any atom is -0.308 e. The summed E-state index contributed by atoms with van der Waals surface area (Å²) in [7, 11) is 0. The lowest BCUT2D eigenvalue weighted by molar-refractivity contribution is 0.0980. The van der Waals surface area contributed by atoms with Crippen LogP contribution in [-0.4, -0.2) is 20.7 Å². The fourth-order valence-electron chi connectivity index (χ4n) is 2.13. The van der Waals surface area contributed by atoms with Crippen molar-refractivity contribution in [3.63, 3.8) is 0 Å². The summed E-state index contributed by atoms with van der Waals surface area (Å²) in [6, 6.07) is 6.54. The summed E-state index contributed by atoms with van der Waals surface area (Å²) in [5.41, 5.74) is -0.0833. The number of thiazole rings is 1. The van der Waals surface area contributed by atoms with Crippen LogP contribution in [0.2, 0.25) is 5.02 Å². The van der Waals surface area contributed by atoms with Crippen LogP contribution in [0.25, 0.3) is 10.9 Å². The number of carbonyl (C=O) groups excluding carboxylic acids is 1. The summed E-state index contributed by atoms with van der Waals surface area (Å²) in [5, 5.41) is 10.8. The molecule has 2 heterocycles. The predicted octanol–water partition coefficient (Wildman–Crippen LogP) is 2.83. The molecule has 1 aromatic carbocycles. The van der Waals surface area contributed by atoms with Crippen LogP contribution in [0.3, 0.4) is 0 Å². The number of rotatable bonds is 3. The lowest BCUT2D eigenvalue weighted by Gasteiger charge is -2.07. The summed E-state index contributed by atoms with van der Waals surface area (Å²) < 4.78 is 0. The van der Waals surface area contributed by atoms with Crippen molar-refractivity contribution in [2.24, 2.45) is 0 Å². The Labute approximate surface area is 139 Å². The van der Waals surface area contributed by atoms with Crippen molar-refractivity contribution in [1.82, 2.24) is 15.0 Å². The second kappa shape index (κ2) is 5.91. The van der Waals surface area contributed by atoms with Gasteiger partial charge in [-0.05, 0) is 25.1 Å². The van der Waals surface area contributed by atoms with Crippen molar-refractivity contribution in [3.05, 3.63) is 55.5 Å². The molecular weight excluding hydrogens is 336 g/mol. The Hall–Kier alpha value is -2.56. The zero-order valence-corrected chi connectivity index (χ0v) is 13.4. The van der Waals surface area contributed by atoms with Gasteiger partial charge in [0.25, 0.3) is 5.56 Å². The van der Waals surface area contributed by atoms with E-state index in [0.717, 1.165) is 5.01 Å². The molecule has 1 atom stereocenters. The highest BCUT2D eigenvalue weighted by Gasteiger charge is 2.26. The average molecular weight is 345 g/mol. The number of hydrogen-bond acceptors (Lipinski definition) is 6. The molecular formula is C15H9ClN4O2S. The third-order valence-corrected chi connectivity index (χ3v) is 4.38. The molecule has 8 heteroatoms. The molecule has 0 saturated heterocycles. The molecule has 3 rings (SSSR count).